The number of piperidine rings is 1. The smallest absolute Gasteiger partial charge is 0.410 e. The summed E-state index contributed by atoms with van der Waals surface area (Å²) >= 11 is 1.38. The van der Waals surface area contributed by atoms with E-state index in [1.807, 2.05) is 31.1 Å². The third-order valence-electron chi connectivity index (χ3n) is 6.63. The number of carbonyl (C=O) groups is 2. The highest BCUT2D eigenvalue weighted by Crippen LogP contribution is 2.41. The molecule has 5 heterocycles. The molecule has 13 heteroatoms. The number of carbonyl (C=O) groups excluding carboxylic acids is 2. The minimum atomic E-state index is -2.95. The van der Waals surface area contributed by atoms with E-state index in [1.54, 1.807) is 37.9 Å². The summed E-state index contributed by atoms with van der Waals surface area (Å²) < 4.78 is 51.1. The number of ether oxygens (including phenoxy) is 3. The van der Waals surface area contributed by atoms with Crippen molar-refractivity contribution in [1.82, 2.24) is 14.9 Å². The maximum Gasteiger partial charge on any atom is 0.410 e. The molecule has 0 saturated carbocycles. The molecule has 6 rings (SSSR count). The second kappa shape index (κ2) is 10.8. The lowest BCUT2D eigenvalue weighted by Crippen LogP contribution is -2.70. The van der Waals surface area contributed by atoms with Crippen molar-refractivity contribution in [3.05, 3.63) is 29.3 Å². The highest BCUT2D eigenvalue weighted by Gasteiger charge is 2.49. The average molecular weight is 593 g/mol. The van der Waals surface area contributed by atoms with Crippen molar-refractivity contribution < 1.29 is 37.0 Å². The summed E-state index contributed by atoms with van der Waals surface area (Å²) in [5.74, 6) is -0.748. The van der Waals surface area contributed by atoms with Gasteiger partial charge in [0.05, 0.1) is 17.6 Å². The van der Waals surface area contributed by atoms with Crippen LogP contribution in [0.25, 0.3) is 21.7 Å². The molecule has 222 valence electrons. The van der Waals surface area contributed by atoms with E-state index in [1.165, 1.54) is 17.4 Å². The van der Waals surface area contributed by atoms with E-state index in [-0.39, 0.29) is 35.3 Å². The molecule has 3 fully saturated rings. The van der Waals surface area contributed by atoms with Crippen molar-refractivity contribution in [3.63, 3.8) is 0 Å². The number of esters is 1. The molecule has 41 heavy (non-hydrogen) atoms. The lowest BCUT2D eigenvalue weighted by molar-refractivity contribution is -0.165. The van der Waals surface area contributed by atoms with Crippen molar-refractivity contribution in [2.75, 3.05) is 24.6 Å². The van der Waals surface area contributed by atoms with E-state index in [0.29, 0.717) is 29.2 Å². The summed E-state index contributed by atoms with van der Waals surface area (Å²) in [6.45, 7) is 10.8. The third-order valence-corrected chi connectivity index (χ3v) is 7.44. The molecular formula is C28H34F2N4O6S. The molecule has 2 bridgehead atoms. The standard InChI is InChI=1S/C28H34F2N4O6S/c1-27(2,3)39-19(35)14-37-22(23(29)30)17-7-8-18(24-31-9-10-41-24)21-20(17)32-25(38-21)33-12-15-11-16(13-33)34(15)26(36)40-28(4,5)6/h7-10,15-16,22-23H,11-14H2,1-6H3. The number of amides is 1. The van der Waals surface area contributed by atoms with Gasteiger partial charge in [-0.3, -0.25) is 4.90 Å². The normalized spacial score (nSPS) is 19.8. The number of thiazole rings is 1. The average Bonchev–Trinajstić information content (AvgIpc) is 3.52. The van der Waals surface area contributed by atoms with E-state index < -0.39 is 36.3 Å². The van der Waals surface area contributed by atoms with E-state index in [4.69, 9.17) is 18.6 Å². The van der Waals surface area contributed by atoms with Gasteiger partial charge in [0.25, 0.3) is 12.4 Å². The topological polar surface area (TPSA) is 107 Å². The second-order valence-electron chi connectivity index (χ2n) is 12.2. The number of nitrogens with zero attached hydrogens (tertiary/aromatic N) is 4. The van der Waals surface area contributed by atoms with Gasteiger partial charge in [0.15, 0.2) is 5.58 Å². The fourth-order valence-electron chi connectivity index (χ4n) is 5.11. The minimum absolute atomic E-state index is 0.0810. The number of rotatable bonds is 7. The summed E-state index contributed by atoms with van der Waals surface area (Å²) in [4.78, 5) is 37.6. The first kappa shape index (κ1) is 29.2. The Balaban J connectivity index is 1.44. The van der Waals surface area contributed by atoms with Crippen LogP contribution in [0.2, 0.25) is 0 Å². The number of hydrogen-bond donors (Lipinski definition) is 0. The summed E-state index contributed by atoms with van der Waals surface area (Å²) in [7, 11) is 0. The Morgan fingerprint density at radius 2 is 1.78 bits per heavy atom. The van der Waals surface area contributed by atoms with Gasteiger partial charge in [0.1, 0.15) is 34.4 Å². The Labute approximate surface area is 240 Å². The largest absolute Gasteiger partial charge is 0.458 e. The quantitative estimate of drug-likeness (QED) is 0.314. The summed E-state index contributed by atoms with van der Waals surface area (Å²) in [5.41, 5.74) is -0.191. The zero-order valence-electron chi connectivity index (χ0n) is 23.8. The first-order valence-electron chi connectivity index (χ1n) is 13.4. The van der Waals surface area contributed by atoms with Crippen LogP contribution in [0.5, 0.6) is 0 Å². The number of anilines is 1. The van der Waals surface area contributed by atoms with Crippen LogP contribution in [0, 0.1) is 0 Å². The van der Waals surface area contributed by atoms with Crippen LogP contribution in [0.1, 0.15) is 59.6 Å². The fourth-order valence-corrected chi connectivity index (χ4v) is 5.77. The zero-order chi connectivity index (χ0) is 29.7. The van der Waals surface area contributed by atoms with Crippen molar-refractivity contribution in [2.45, 2.75) is 83.8 Å². The van der Waals surface area contributed by atoms with Crippen LogP contribution in [0.4, 0.5) is 19.6 Å². The monoisotopic (exact) mass is 592 g/mol. The summed E-state index contributed by atoms with van der Waals surface area (Å²) in [5, 5.41) is 2.45. The lowest BCUT2D eigenvalue weighted by atomic mass is 9.88. The molecule has 1 amide bonds. The first-order valence-corrected chi connectivity index (χ1v) is 14.3. The third kappa shape index (κ3) is 6.30. The highest BCUT2D eigenvalue weighted by atomic mass is 32.1. The molecular weight excluding hydrogens is 558 g/mol. The molecule has 3 saturated heterocycles. The Hall–Kier alpha value is -3.32. The van der Waals surface area contributed by atoms with Crippen LogP contribution in [0.3, 0.4) is 0 Å². The number of alkyl halides is 2. The Morgan fingerprint density at radius 1 is 1.10 bits per heavy atom. The predicted molar refractivity (Wildman–Crippen MR) is 148 cm³/mol. The first-order chi connectivity index (χ1) is 19.2. The van der Waals surface area contributed by atoms with Gasteiger partial charge in [-0.15, -0.1) is 11.3 Å². The van der Waals surface area contributed by atoms with Crippen LogP contribution >= 0.6 is 11.3 Å². The number of fused-ring (bicyclic) bond motifs is 3. The molecule has 0 N–H and O–H groups in total. The summed E-state index contributed by atoms with van der Waals surface area (Å²) in [6.07, 6.45) is -2.57. The van der Waals surface area contributed by atoms with Crippen LogP contribution in [-0.2, 0) is 19.0 Å². The SMILES string of the molecule is CC(C)(C)OC(=O)COC(c1ccc(-c2nccs2)c2oc(N3CC4CC(C3)N4C(=O)OC(C)(C)C)nc12)C(F)F. The maximum absolute atomic E-state index is 14.3. The van der Waals surface area contributed by atoms with Crippen LogP contribution in [0.15, 0.2) is 28.1 Å². The van der Waals surface area contributed by atoms with Gasteiger partial charge in [-0.2, -0.15) is 4.98 Å². The van der Waals surface area contributed by atoms with Gasteiger partial charge in [-0.25, -0.2) is 23.4 Å². The molecule has 3 aliphatic heterocycles. The van der Waals surface area contributed by atoms with E-state index in [0.717, 1.165) is 6.42 Å². The summed E-state index contributed by atoms with van der Waals surface area (Å²) in [6, 6.07) is 3.25. The molecule has 1 aromatic carbocycles. The van der Waals surface area contributed by atoms with Gasteiger partial charge in [-0.1, -0.05) is 6.07 Å². The second-order valence-corrected chi connectivity index (χ2v) is 13.1. The van der Waals surface area contributed by atoms with Crippen LogP contribution in [-0.4, -0.2) is 76.3 Å². The van der Waals surface area contributed by atoms with Crippen molar-refractivity contribution in [2.24, 2.45) is 0 Å². The van der Waals surface area contributed by atoms with Gasteiger partial charge in [-0.05, 0) is 54.0 Å². The maximum atomic E-state index is 14.3. The van der Waals surface area contributed by atoms with Gasteiger partial charge >= 0.3 is 12.1 Å². The van der Waals surface area contributed by atoms with Gasteiger partial charge in [0.2, 0.25) is 0 Å². The van der Waals surface area contributed by atoms with Crippen molar-refractivity contribution in [1.29, 1.82) is 0 Å². The van der Waals surface area contributed by atoms with E-state index >= 15 is 0 Å². The Bertz CT molecular complexity index is 1400. The number of benzene rings is 1. The van der Waals surface area contributed by atoms with Crippen molar-refractivity contribution in [3.8, 4) is 10.6 Å². The molecule has 0 spiro atoms. The number of hydrogen-bond acceptors (Lipinski definition) is 10. The number of aromatic nitrogens is 2. The Kier molecular flexibility index (Phi) is 7.70. The molecule has 3 aliphatic rings. The Morgan fingerprint density at radius 3 is 2.37 bits per heavy atom. The number of oxazole rings is 1. The van der Waals surface area contributed by atoms with E-state index in [9.17, 15) is 18.4 Å². The predicted octanol–water partition coefficient (Wildman–Crippen LogP) is 5.81. The molecule has 10 nitrogen and oxygen atoms in total. The lowest BCUT2D eigenvalue weighted by Gasteiger charge is -2.55. The van der Waals surface area contributed by atoms with Gasteiger partial charge in [0, 0.05) is 30.2 Å². The van der Waals surface area contributed by atoms with E-state index in [2.05, 4.69) is 9.97 Å². The van der Waals surface area contributed by atoms with Crippen LogP contribution < -0.4 is 4.90 Å². The zero-order valence-corrected chi connectivity index (χ0v) is 24.7. The minimum Gasteiger partial charge on any atom is -0.458 e. The molecule has 2 aromatic heterocycles. The van der Waals surface area contributed by atoms with Gasteiger partial charge < -0.3 is 23.5 Å². The molecule has 3 aromatic rings. The van der Waals surface area contributed by atoms with Crippen molar-refractivity contribution >= 4 is 40.5 Å². The molecule has 0 aliphatic carbocycles. The highest BCUT2D eigenvalue weighted by molar-refractivity contribution is 7.13. The number of halogens is 2. The molecule has 3 unspecified atom stereocenters. The molecule has 3 atom stereocenters. The fraction of sp³-hybridized carbons (Fsp3) is 0.571. The molecule has 0 radical (unpaired) electrons. The number of piperazine rings is 1.